The molecule has 12 heteroatoms. The van der Waals surface area contributed by atoms with Gasteiger partial charge in [0.05, 0.1) is 25.4 Å². The second-order valence-electron chi connectivity index (χ2n) is 6.19. The van der Waals surface area contributed by atoms with Crippen molar-refractivity contribution in [1.29, 1.82) is 0 Å². The standard InChI is InChI=1S/C18H22BClN4O6/c1-29-11-15(23-17(25)14-10-21-7-8-22-14)18(26)24-16(19(27)28)6-9-30-13-4-2-12(20)3-5-13/h2-5,7-8,10,15-16,27-28H,6,9,11H2,1H3,(H,23,25)(H,24,26). The molecule has 2 aromatic rings. The highest BCUT2D eigenvalue weighted by Gasteiger charge is 2.29. The minimum Gasteiger partial charge on any atom is -0.494 e. The summed E-state index contributed by atoms with van der Waals surface area (Å²) < 4.78 is 10.5. The van der Waals surface area contributed by atoms with Crippen molar-refractivity contribution in [2.24, 2.45) is 0 Å². The van der Waals surface area contributed by atoms with Crippen molar-refractivity contribution in [3.05, 3.63) is 53.6 Å². The van der Waals surface area contributed by atoms with Crippen LogP contribution in [-0.4, -0.2) is 71.3 Å². The minimum absolute atomic E-state index is 0.0292. The predicted octanol–water partition coefficient (Wildman–Crippen LogP) is -0.159. The molecule has 160 valence electrons. The molecule has 0 aliphatic heterocycles. The van der Waals surface area contributed by atoms with Crippen LogP contribution in [0.2, 0.25) is 5.02 Å². The molecule has 1 heterocycles. The lowest BCUT2D eigenvalue weighted by Gasteiger charge is -2.22. The van der Waals surface area contributed by atoms with Gasteiger partial charge in [-0.3, -0.25) is 14.6 Å². The van der Waals surface area contributed by atoms with Crippen LogP contribution in [0.4, 0.5) is 0 Å². The summed E-state index contributed by atoms with van der Waals surface area (Å²) >= 11 is 5.81. The van der Waals surface area contributed by atoms with E-state index in [1.165, 1.54) is 25.7 Å². The number of aromatic nitrogens is 2. The maximum atomic E-state index is 12.6. The zero-order valence-corrected chi connectivity index (χ0v) is 17.0. The predicted molar refractivity (Wildman–Crippen MR) is 109 cm³/mol. The highest BCUT2D eigenvalue weighted by atomic mass is 35.5. The first-order valence-corrected chi connectivity index (χ1v) is 9.39. The van der Waals surface area contributed by atoms with Crippen LogP contribution in [0.1, 0.15) is 16.9 Å². The van der Waals surface area contributed by atoms with Gasteiger partial charge >= 0.3 is 7.12 Å². The van der Waals surface area contributed by atoms with Gasteiger partial charge in [0.25, 0.3) is 5.91 Å². The summed E-state index contributed by atoms with van der Waals surface area (Å²) in [7, 11) is -0.464. The quantitative estimate of drug-likeness (QED) is 0.356. The smallest absolute Gasteiger partial charge is 0.475 e. The molecule has 0 aliphatic rings. The maximum Gasteiger partial charge on any atom is 0.475 e. The molecule has 0 aliphatic carbocycles. The Bertz CT molecular complexity index is 812. The van der Waals surface area contributed by atoms with E-state index in [9.17, 15) is 19.6 Å². The molecule has 2 rings (SSSR count). The minimum atomic E-state index is -1.83. The SMILES string of the molecule is COCC(NC(=O)c1cnccn1)C(=O)NC(CCOc1ccc(Cl)cc1)B(O)O. The Kier molecular flexibility index (Phi) is 9.48. The van der Waals surface area contributed by atoms with Gasteiger partial charge in [-0.15, -0.1) is 0 Å². The molecule has 0 bridgehead atoms. The fraction of sp³-hybridized carbons (Fsp3) is 0.333. The first-order valence-electron chi connectivity index (χ1n) is 9.01. The number of benzene rings is 1. The monoisotopic (exact) mass is 436 g/mol. The molecule has 30 heavy (non-hydrogen) atoms. The number of carbonyl (C=O) groups excluding carboxylic acids is 2. The molecule has 0 radical (unpaired) electrons. The first kappa shape index (κ1) is 23.6. The van der Waals surface area contributed by atoms with Crippen LogP contribution < -0.4 is 15.4 Å². The molecule has 2 unspecified atom stereocenters. The lowest BCUT2D eigenvalue weighted by atomic mass is 9.77. The third-order valence-electron chi connectivity index (χ3n) is 3.95. The average Bonchev–Trinajstić information content (AvgIpc) is 2.74. The third kappa shape index (κ3) is 7.60. The number of nitrogens with one attached hydrogen (secondary N) is 2. The molecular formula is C18H22BClN4O6. The number of halogens is 1. The van der Waals surface area contributed by atoms with E-state index < -0.39 is 30.9 Å². The highest BCUT2D eigenvalue weighted by Crippen LogP contribution is 2.15. The van der Waals surface area contributed by atoms with Gasteiger partial charge in [-0.25, -0.2) is 4.98 Å². The molecular weight excluding hydrogens is 414 g/mol. The molecule has 0 fully saturated rings. The molecule has 2 amide bonds. The Balaban J connectivity index is 1.92. The molecule has 10 nitrogen and oxygen atoms in total. The van der Waals surface area contributed by atoms with Crippen LogP contribution in [-0.2, 0) is 9.53 Å². The van der Waals surface area contributed by atoms with Gasteiger partial charge in [-0.2, -0.15) is 0 Å². The lowest BCUT2D eigenvalue weighted by molar-refractivity contribution is -0.124. The topological polar surface area (TPSA) is 143 Å². The van der Waals surface area contributed by atoms with Gasteiger partial charge < -0.3 is 30.2 Å². The summed E-state index contributed by atoms with van der Waals surface area (Å²) in [6.07, 6.45) is 4.12. The Morgan fingerprint density at radius 2 is 1.93 bits per heavy atom. The summed E-state index contributed by atoms with van der Waals surface area (Å²) in [6.45, 7) is -0.0293. The fourth-order valence-electron chi connectivity index (χ4n) is 2.41. The summed E-state index contributed by atoms with van der Waals surface area (Å²) in [4.78, 5) is 32.5. The fourth-order valence-corrected chi connectivity index (χ4v) is 2.54. The summed E-state index contributed by atoms with van der Waals surface area (Å²) in [5, 5.41) is 24.7. The normalized spacial score (nSPS) is 12.5. The number of hydrogen-bond donors (Lipinski definition) is 4. The van der Waals surface area contributed by atoms with E-state index in [0.29, 0.717) is 10.8 Å². The van der Waals surface area contributed by atoms with Gasteiger partial charge in [0, 0.05) is 30.9 Å². The Labute approximate surface area is 178 Å². The molecule has 2 atom stereocenters. The van der Waals surface area contributed by atoms with E-state index in [0.717, 1.165) is 0 Å². The maximum absolute atomic E-state index is 12.6. The number of hydrogen-bond acceptors (Lipinski definition) is 8. The second-order valence-corrected chi connectivity index (χ2v) is 6.63. The van der Waals surface area contributed by atoms with Gasteiger partial charge in [-0.05, 0) is 24.3 Å². The largest absolute Gasteiger partial charge is 0.494 e. The average molecular weight is 437 g/mol. The summed E-state index contributed by atoms with van der Waals surface area (Å²) in [6, 6.07) is 5.57. The number of carbonyl (C=O) groups is 2. The Hall–Kier alpha value is -2.73. The van der Waals surface area contributed by atoms with Crippen LogP contribution in [0.15, 0.2) is 42.9 Å². The van der Waals surface area contributed by atoms with Crippen molar-refractivity contribution in [3.8, 4) is 5.75 Å². The molecule has 0 saturated carbocycles. The van der Waals surface area contributed by atoms with Crippen LogP contribution in [0.3, 0.4) is 0 Å². The van der Waals surface area contributed by atoms with E-state index >= 15 is 0 Å². The van der Waals surface area contributed by atoms with Crippen molar-refractivity contribution in [1.82, 2.24) is 20.6 Å². The van der Waals surface area contributed by atoms with Crippen molar-refractivity contribution in [2.75, 3.05) is 20.3 Å². The molecule has 4 N–H and O–H groups in total. The summed E-state index contributed by atoms with van der Waals surface area (Å²) in [5.74, 6) is -1.76. The first-order chi connectivity index (χ1) is 14.4. The zero-order chi connectivity index (χ0) is 21.9. The highest BCUT2D eigenvalue weighted by molar-refractivity contribution is 6.43. The van der Waals surface area contributed by atoms with Gasteiger partial charge in [-0.1, -0.05) is 11.6 Å². The van der Waals surface area contributed by atoms with Gasteiger partial charge in [0.15, 0.2) is 0 Å². The van der Waals surface area contributed by atoms with Crippen molar-refractivity contribution in [2.45, 2.75) is 18.4 Å². The Morgan fingerprint density at radius 1 is 1.20 bits per heavy atom. The molecule has 1 aromatic carbocycles. The lowest BCUT2D eigenvalue weighted by Crippen LogP contribution is -2.55. The van der Waals surface area contributed by atoms with E-state index in [1.807, 2.05) is 0 Å². The zero-order valence-electron chi connectivity index (χ0n) is 16.2. The van der Waals surface area contributed by atoms with Gasteiger partial charge in [0.1, 0.15) is 17.5 Å². The number of methoxy groups -OCH3 is 1. The van der Waals surface area contributed by atoms with E-state index in [-0.39, 0.29) is 25.3 Å². The number of amides is 2. The summed E-state index contributed by atoms with van der Waals surface area (Å²) in [5.41, 5.74) is 0.0292. The van der Waals surface area contributed by atoms with Crippen LogP contribution >= 0.6 is 11.6 Å². The third-order valence-corrected chi connectivity index (χ3v) is 4.20. The number of nitrogens with zero attached hydrogens (tertiary/aromatic N) is 2. The van der Waals surface area contributed by atoms with E-state index in [1.54, 1.807) is 24.3 Å². The number of ether oxygens (including phenoxy) is 2. The molecule has 0 spiro atoms. The number of rotatable bonds is 11. The molecule has 1 aromatic heterocycles. The van der Waals surface area contributed by atoms with Crippen LogP contribution in [0, 0.1) is 0 Å². The van der Waals surface area contributed by atoms with Crippen LogP contribution in [0.5, 0.6) is 5.75 Å². The van der Waals surface area contributed by atoms with Gasteiger partial charge in [0.2, 0.25) is 5.91 Å². The van der Waals surface area contributed by atoms with Crippen LogP contribution in [0.25, 0.3) is 0 Å². The van der Waals surface area contributed by atoms with E-state index in [4.69, 9.17) is 21.1 Å². The second kappa shape index (κ2) is 12.1. The Morgan fingerprint density at radius 3 is 2.53 bits per heavy atom. The van der Waals surface area contributed by atoms with Crippen molar-refractivity contribution >= 4 is 30.5 Å². The molecule has 0 saturated heterocycles. The van der Waals surface area contributed by atoms with E-state index in [2.05, 4.69) is 20.6 Å². The van der Waals surface area contributed by atoms with Crippen molar-refractivity contribution in [3.63, 3.8) is 0 Å². The van der Waals surface area contributed by atoms with Crippen molar-refractivity contribution < 1.29 is 29.1 Å².